The molecule has 0 aromatic carbocycles. The first kappa shape index (κ1) is 5.03. The number of aromatic nitrogens is 7. The molecule has 2 aromatic heterocycles. The van der Waals surface area contributed by atoms with Gasteiger partial charge in [0.1, 0.15) is 0 Å². The van der Waals surface area contributed by atoms with E-state index in [0.717, 1.165) is 0 Å². The molecule has 0 aliphatic rings. The standard InChI is InChI=1S/C3H3N7/c1-2-5-3(4-1)10-8-6-7-9-10/h1-2H,(H,4,5). The molecule has 0 aliphatic carbocycles. The molecule has 0 bridgehead atoms. The first-order valence-electron chi connectivity index (χ1n) is 2.58. The second-order valence-electron chi connectivity index (χ2n) is 1.56. The predicted molar refractivity (Wildman–Crippen MR) is 29.1 cm³/mol. The molecule has 0 amide bonds. The van der Waals surface area contributed by atoms with Crippen molar-refractivity contribution in [2.24, 2.45) is 0 Å². The molecule has 0 unspecified atom stereocenters. The van der Waals surface area contributed by atoms with E-state index in [1.165, 1.54) is 4.80 Å². The van der Waals surface area contributed by atoms with Crippen molar-refractivity contribution in [3.05, 3.63) is 12.4 Å². The quantitative estimate of drug-likeness (QED) is 0.532. The molecule has 0 radical (unpaired) electrons. The molecule has 50 valence electrons. The van der Waals surface area contributed by atoms with Crippen LogP contribution in [0.2, 0.25) is 0 Å². The van der Waals surface area contributed by atoms with Crippen LogP contribution in [0.15, 0.2) is 12.4 Å². The number of hydrogen-bond acceptors (Lipinski definition) is 5. The minimum absolute atomic E-state index is 0.505. The summed E-state index contributed by atoms with van der Waals surface area (Å²) in [5, 5.41) is 13.6. The van der Waals surface area contributed by atoms with Gasteiger partial charge in [0.25, 0.3) is 0 Å². The SMILES string of the molecule is c1c[nH]c(-n2nnnn2)n1. The summed E-state index contributed by atoms with van der Waals surface area (Å²) in [5.41, 5.74) is 0. The zero-order valence-electron chi connectivity index (χ0n) is 4.84. The Hall–Kier alpha value is -1.79. The molecule has 0 fully saturated rings. The van der Waals surface area contributed by atoms with Crippen LogP contribution in [0.5, 0.6) is 0 Å². The van der Waals surface area contributed by atoms with Crippen molar-refractivity contribution in [2.75, 3.05) is 0 Å². The van der Waals surface area contributed by atoms with Gasteiger partial charge in [-0.1, -0.05) is 4.80 Å². The van der Waals surface area contributed by atoms with Crippen LogP contribution < -0.4 is 0 Å². The fourth-order valence-corrected chi connectivity index (χ4v) is 0.580. The van der Waals surface area contributed by atoms with E-state index in [1.807, 2.05) is 0 Å². The van der Waals surface area contributed by atoms with E-state index in [2.05, 4.69) is 30.8 Å². The number of hydrogen-bond donors (Lipinski definition) is 1. The number of nitrogens with zero attached hydrogens (tertiary/aromatic N) is 6. The molecular formula is C3H3N7. The van der Waals surface area contributed by atoms with Gasteiger partial charge < -0.3 is 4.98 Å². The minimum atomic E-state index is 0.505. The normalized spacial score (nSPS) is 10.0. The highest BCUT2D eigenvalue weighted by molar-refractivity contribution is 5.01. The molecule has 0 saturated heterocycles. The first-order valence-corrected chi connectivity index (χ1v) is 2.58. The van der Waals surface area contributed by atoms with E-state index < -0.39 is 0 Å². The Kier molecular flexibility index (Phi) is 0.938. The van der Waals surface area contributed by atoms with E-state index in [0.29, 0.717) is 5.95 Å². The molecule has 2 aromatic rings. The molecule has 0 aliphatic heterocycles. The van der Waals surface area contributed by atoms with Gasteiger partial charge >= 0.3 is 0 Å². The van der Waals surface area contributed by atoms with Crippen LogP contribution in [0.25, 0.3) is 5.95 Å². The minimum Gasteiger partial charge on any atom is -0.328 e. The number of aromatic amines is 1. The van der Waals surface area contributed by atoms with Gasteiger partial charge in [-0.2, -0.15) is 0 Å². The summed E-state index contributed by atoms with van der Waals surface area (Å²) in [7, 11) is 0. The largest absolute Gasteiger partial charge is 0.328 e. The first-order chi connectivity index (χ1) is 4.97. The summed E-state index contributed by atoms with van der Waals surface area (Å²) in [6.07, 6.45) is 3.26. The Labute approximate surface area is 55.1 Å². The van der Waals surface area contributed by atoms with E-state index >= 15 is 0 Å². The summed E-state index contributed by atoms with van der Waals surface area (Å²) in [6, 6.07) is 0. The molecule has 7 nitrogen and oxygen atoms in total. The zero-order valence-corrected chi connectivity index (χ0v) is 4.84. The fraction of sp³-hybridized carbons (Fsp3) is 0. The second-order valence-corrected chi connectivity index (χ2v) is 1.56. The molecule has 0 spiro atoms. The van der Waals surface area contributed by atoms with Crippen LogP contribution in [-0.4, -0.2) is 35.6 Å². The Morgan fingerprint density at radius 1 is 1.30 bits per heavy atom. The van der Waals surface area contributed by atoms with Crippen molar-refractivity contribution >= 4 is 0 Å². The monoisotopic (exact) mass is 137 g/mol. The van der Waals surface area contributed by atoms with Gasteiger partial charge in [0, 0.05) is 12.4 Å². The molecule has 0 atom stereocenters. The van der Waals surface area contributed by atoms with Crippen molar-refractivity contribution < 1.29 is 0 Å². The Morgan fingerprint density at radius 3 is 2.70 bits per heavy atom. The highest BCUT2D eigenvalue weighted by atomic mass is 15.7. The van der Waals surface area contributed by atoms with Gasteiger partial charge in [-0.3, -0.25) is 0 Å². The highest BCUT2D eigenvalue weighted by Crippen LogP contribution is 1.88. The van der Waals surface area contributed by atoms with Gasteiger partial charge in [0.2, 0.25) is 5.95 Å². The molecule has 7 heteroatoms. The highest BCUT2D eigenvalue weighted by Gasteiger charge is 1.98. The molecule has 1 N–H and O–H groups in total. The second kappa shape index (κ2) is 1.87. The smallest absolute Gasteiger partial charge is 0.250 e. The van der Waals surface area contributed by atoms with Crippen molar-refractivity contribution in [1.82, 2.24) is 35.6 Å². The van der Waals surface area contributed by atoms with Crippen LogP contribution >= 0.6 is 0 Å². The van der Waals surface area contributed by atoms with Crippen LogP contribution in [0.1, 0.15) is 0 Å². The lowest BCUT2D eigenvalue weighted by Crippen LogP contribution is -2.00. The Bertz CT molecular complexity index is 248. The van der Waals surface area contributed by atoms with Crippen LogP contribution in [0.3, 0.4) is 0 Å². The van der Waals surface area contributed by atoms with E-state index in [1.54, 1.807) is 12.4 Å². The molecule has 2 heterocycles. The topological polar surface area (TPSA) is 85.2 Å². The summed E-state index contributed by atoms with van der Waals surface area (Å²) < 4.78 is 0. The maximum absolute atomic E-state index is 3.86. The third kappa shape index (κ3) is 0.642. The average Bonchev–Trinajstić information content (AvgIpc) is 2.59. The van der Waals surface area contributed by atoms with E-state index in [9.17, 15) is 0 Å². The van der Waals surface area contributed by atoms with Crippen molar-refractivity contribution in [1.29, 1.82) is 0 Å². The number of H-pyrrole nitrogens is 1. The van der Waals surface area contributed by atoms with Crippen LogP contribution in [0.4, 0.5) is 0 Å². The molecule has 0 saturated carbocycles. The zero-order chi connectivity index (χ0) is 6.81. The Morgan fingerprint density at radius 2 is 2.10 bits per heavy atom. The van der Waals surface area contributed by atoms with Gasteiger partial charge in [0.05, 0.1) is 0 Å². The van der Waals surface area contributed by atoms with Gasteiger partial charge in [-0.25, -0.2) is 4.98 Å². The molecular weight excluding hydrogens is 134 g/mol. The summed E-state index contributed by atoms with van der Waals surface area (Å²) in [6.45, 7) is 0. The number of rotatable bonds is 1. The maximum Gasteiger partial charge on any atom is 0.250 e. The predicted octanol–water partition coefficient (Wildman–Crippen LogP) is -1.22. The average molecular weight is 137 g/mol. The lowest BCUT2D eigenvalue weighted by atomic mass is 11.0. The van der Waals surface area contributed by atoms with Gasteiger partial charge in [0.15, 0.2) is 0 Å². The van der Waals surface area contributed by atoms with E-state index in [-0.39, 0.29) is 0 Å². The molecule has 10 heavy (non-hydrogen) atoms. The van der Waals surface area contributed by atoms with Crippen molar-refractivity contribution in [3.63, 3.8) is 0 Å². The summed E-state index contributed by atoms with van der Waals surface area (Å²) in [4.78, 5) is 7.84. The number of imidazole rings is 1. The third-order valence-electron chi connectivity index (χ3n) is 0.963. The fourth-order valence-electron chi connectivity index (χ4n) is 0.580. The molecule has 2 rings (SSSR count). The van der Waals surface area contributed by atoms with Crippen molar-refractivity contribution in [3.8, 4) is 5.95 Å². The van der Waals surface area contributed by atoms with E-state index in [4.69, 9.17) is 0 Å². The van der Waals surface area contributed by atoms with Gasteiger partial charge in [-0.15, -0.1) is 0 Å². The summed E-state index contributed by atoms with van der Waals surface area (Å²) in [5.74, 6) is 0.505. The van der Waals surface area contributed by atoms with Gasteiger partial charge in [-0.05, 0) is 20.9 Å². The lowest BCUT2D eigenvalue weighted by Gasteiger charge is -1.84. The lowest BCUT2D eigenvalue weighted by molar-refractivity contribution is 0.678. The Balaban J connectivity index is 2.48. The van der Waals surface area contributed by atoms with Crippen LogP contribution in [-0.2, 0) is 0 Å². The van der Waals surface area contributed by atoms with Crippen LogP contribution in [0, 0.1) is 0 Å². The van der Waals surface area contributed by atoms with Crippen molar-refractivity contribution in [2.45, 2.75) is 0 Å². The summed E-state index contributed by atoms with van der Waals surface area (Å²) >= 11 is 0. The number of nitrogens with one attached hydrogen (secondary N) is 1. The third-order valence-corrected chi connectivity index (χ3v) is 0.963. The maximum atomic E-state index is 3.86.